The Labute approximate surface area is 276 Å². The van der Waals surface area contributed by atoms with Gasteiger partial charge in [0.25, 0.3) is 0 Å². The molecule has 4 heterocycles. The molecule has 0 aliphatic carbocycles. The van der Waals surface area contributed by atoms with Crippen LogP contribution in [0.25, 0.3) is 102 Å². The molecule has 0 saturated carbocycles. The first-order valence-electron chi connectivity index (χ1n) is 15.6. The van der Waals surface area contributed by atoms with Crippen molar-refractivity contribution in [3.05, 3.63) is 133 Å². The Morgan fingerprint density at radius 3 is 1.36 bits per heavy atom. The SMILES string of the molecule is c1ccc(-c2nc(-c3ccccc3)nc(-n3c4c5sc6ccccc6c5cc5ccc6cc7c8ccccc8sc7c3c6c54)n2)cc1. The van der Waals surface area contributed by atoms with Crippen molar-refractivity contribution in [2.45, 2.75) is 0 Å². The maximum absolute atomic E-state index is 5.30. The summed E-state index contributed by atoms with van der Waals surface area (Å²) in [6.07, 6.45) is 0. The Hall–Kier alpha value is -5.69. The van der Waals surface area contributed by atoms with E-state index in [1.165, 1.54) is 61.9 Å². The summed E-state index contributed by atoms with van der Waals surface area (Å²) in [5, 5.41) is 10.1. The molecule has 11 aromatic rings. The molecule has 0 spiro atoms. The van der Waals surface area contributed by atoms with Crippen LogP contribution in [0.5, 0.6) is 0 Å². The van der Waals surface area contributed by atoms with Gasteiger partial charge >= 0.3 is 0 Å². The lowest BCUT2D eigenvalue weighted by molar-refractivity contribution is 0.957. The summed E-state index contributed by atoms with van der Waals surface area (Å²) in [6.45, 7) is 0. The molecule has 0 bridgehead atoms. The van der Waals surface area contributed by atoms with Gasteiger partial charge in [0.15, 0.2) is 11.6 Å². The molecule has 4 nitrogen and oxygen atoms in total. The average Bonchev–Trinajstić information content (AvgIpc) is 3.81. The third-order valence-electron chi connectivity index (χ3n) is 9.38. The lowest BCUT2D eigenvalue weighted by Gasteiger charge is -2.11. The molecule has 7 aromatic carbocycles. The third kappa shape index (κ3) is 3.54. The Balaban J connectivity index is 1.40. The maximum Gasteiger partial charge on any atom is 0.238 e. The molecule has 4 aromatic heterocycles. The predicted octanol–water partition coefficient (Wildman–Crippen LogP) is 11.6. The highest BCUT2D eigenvalue weighted by molar-refractivity contribution is 7.27. The number of benzene rings is 7. The van der Waals surface area contributed by atoms with E-state index in [1.54, 1.807) is 0 Å². The van der Waals surface area contributed by atoms with E-state index in [0.29, 0.717) is 17.6 Å². The normalized spacial score (nSPS) is 12.3. The Morgan fingerprint density at radius 2 is 0.872 bits per heavy atom. The number of hydrogen-bond acceptors (Lipinski definition) is 5. The standard InChI is InChI=1S/C41H22N4S2/c1-3-11-23(12-4-1)39-42-40(24-13-5-2-6-14-24)44-41(43-39)45-35-33-25(21-29-27-15-7-9-17-31(27)46-37(29)35)19-20-26-22-30-28-16-8-10-18-32(28)47-38(30)36(45)34(26)33/h1-22H. The second-order valence-corrected chi connectivity index (χ2v) is 14.1. The molecule has 6 heteroatoms. The van der Waals surface area contributed by atoms with Crippen LogP contribution in [0.2, 0.25) is 0 Å². The Morgan fingerprint density at radius 1 is 0.426 bits per heavy atom. The van der Waals surface area contributed by atoms with Gasteiger partial charge in [-0.25, -0.2) is 4.98 Å². The fraction of sp³-hybridized carbons (Fsp3) is 0. The van der Waals surface area contributed by atoms with Gasteiger partial charge in [-0.15, -0.1) is 22.7 Å². The van der Waals surface area contributed by atoms with Gasteiger partial charge < -0.3 is 0 Å². The monoisotopic (exact) mass is 634 g/mol. The van der Waals surface area contributed by atoms with E-state index in [0.717, 1.165) is 22.2 Å². The maximum atomic E-state index is 5.30. The summed E-state index contributed by atoms with van der Waals surface area (Å²) in [5.41, 5.74) is 4.24. The van der Waals surface area contributed by atoms with Gasteiger partial charge in [0.1, 0.15) is 0 Å². The van der Waals surface area contributed by atoms with Crippen molar-refractivity contribution in [2.24, 2.45) is 0 Å². The van der Waals surface area contributed by atoms with Gasteiger partial charge in [0.05, 0.1) is 20.4 Å². The van der Waals surface area contributed by atoms with E-state index in [9.17, 15) is 0 Å². The van der Waals surface area contributed by atoms with Crippen LogP contribution in [0.15, 0.2) is 133 Å². The first kappa shape index (κ1) is 25.5. The summed E-state index contributed by atoms with van der Waals surface area (Å²) in [6, 6.07) is 47.3. The fourth-order valence-corrected chi connectivity index (χ4v) is 9.78. The van der Waals surface area contributed by atoms with Crippen LogP contribution < -0.4 is 0 Å². The van der Waals surface area contributed by atoms with Gasteiger partial charge in [0.2, 0.25) is 5.95 Å². The highest BCUT2D eigenvalue weighted by Crippen LogP contribution is 2.50. The van der Waals surface area contributed by atoms with Crippen molar-refractivity contribution >= 4 is 95.6 Å². The molecule has 0 unspecified atom stereocenters. The van der Waals surface area contributed by atoms with Crippen LogP contribution in [0, 0.1) is 0 Å². The molecular weight excluding hydrogens is 613 g/mol. The molecule has 0 atom stereocenters. The minimum Gasteiger partial charge on any atom is -0.275 e. The second kappa shape index (κ2) is 9.42. The minimum absolute atomic E-state index is 0.631. The van der Waals surface area contributed by atoms with Crippen molar-refractivity contribution in [1.29, 1.82) is 0 Å². The van der Waals surface area contributed by atoms with E-state index < -0.39 is 0 Å². The fourth-order valence-electron chi connectivity index (χ4n) is 7.33. The predicted molar refractivity (Wildman–Crippen MR) is 200 cm³/mol. The Bertz CT molecular complexity index is 2810. The van der Waals surface area contributed by atoms with E-state index in [1.807, 2.05) is 59.1 Å². The van der Waals surface area contributed by atoms with Crippen molar-refractivity contribution in [1.82, 2.24) is 19.5 Å². The van der Waals surface area contributed by atoms with Crippen LogP contribution in [0.3, 0.4) is 0 Å². The molecule has 0 radical (unpaired) electrons. The van der Waals surface area contributed by atoms with Gasteiger partial charge in [-0.05, 0) is 35.0 Å². The quantitative estimate of drug-likeness (QED) is 0.182. The summed E-state index contributed by atoms with van der Waals surface area (Å²) in [7, 11) is 0. The number of aromatic nitrogens is 4. The van der Waals surface area contributed by atoms with Crippen molar-refractivity contribution in [2.75, 3.05) is 0 Å². The molecule has 0 aliphatic heterocycles. The van der Waals surface area contributed by atoms with Gasteiger partial charge in [-0.3, -0.25) is 4.57 Å². The first-order valence-corrected chi connectivity index (χ1v) is 17.3. The molecule has 0 N–H and O–H groups in total. The highest BCUT2D eigenvalue weighted by atomic mass is 32.1. The zero-order chi connectivity index (χ0) is 30.6. The largest absolute Gasteiger partial charge is 0.275 e. The molecule has 47 heavy (non-hydrogen) atoms. The molecule has 0 aliphatic rings. The third-order valence-corrected chi connectivity index (χ3v) is 11.8. The summed E-state index contributed by atoms with van der Waals surface area (Å²) < 4.78 is 7.41. The van der Waals surface area contributed by atoms with Crippen LogP contribution in [0.1, 0.15) is 0 Å². The van der Waals surface area contributed by atoms with E-state index in [4.69, 9.17) is 15.0 Å². The zero-order valence-electron chi connectivity index (χ0n) is 24.8. The molecular formula is C41H22N4S2. The number of nitrogens with zero attached hydrogens (tertiary/aromatic N) is 4. The van der Waals surface area contributed by atoms with Gasteiger partial charge in [-0.1, -0.05) is 109 Å². The summed E-state index contributed by atoms with van der Waals surface area (Å²) in [4.78, 5) is 15.6. The summed E-state index contributed by atoms with van der Waals surface area (Å²) in [5.74, 6) is 1.95. The van der Waals surface area contributed by atoms with E-state index in [-0.39, 0.29) is 0 Å². The van der Waals surface area contributed by atoms with Crippen molar-refractivity contribution in [3.63, 3.8) is 0 Å². The molecule has 0 amide bonds. The van der Waals surface area contributed by atoms with E-state index >= 15 is 0 Å². The number of hydrogen-bond donors (Lipinski definition) is 0. The number of thiophene rings is 2. The number of fused-ring (bicyclic) bond motifs is 8. The van der Waals surface area contributed by atoms with Gasteiger partial charge in [-0.2, -0.15) is 9.97 Å². The average molecular weight is 635 g/mol. The summed E-state index contributed by atoms with van der Waals surface area (Å²) >= 11 is 3.71. The van der Waals surface area contributed by atoms with Crippen molar-refractivity contribution in [3.8, 4) is 28.7 Å². The number of rotatable bonds is 3. The first-order chi connectivity index (χ1) is 23.3. The van der Waals surface area contributed by atoms with Gasteiger partial charge in [0, 0.05) is 52.8 Å². The lowest BCUT2D eigenvalue weighted by Crippen LogP contribution is -2.06. The molecule has 11 rings (SSSR count). The second-order valence-electron chi connectivity index (χ2n) is 12.0. The van der Waals surface area contributed by atoms with Crippen LogP contribution in [-0.2, 0) is 0 Å². The van der Waals surface area contributed by atoms with E-state index in [2.05, 4.69) is 102 Å². The van der Waals surface area contributed by atoms with Crippen LogP contribution in [-0.4, -0.2) is 19.5 Å². The minimum atomic E-state index is 0.631. The molecule has 0 saturated heterocycles. The smallest absolute Gasteiger partial charge is 0.238 e. The highest BCUT2D eigenvalue weighted by Gasteiger charge is 2.26. The molecule has 218 valence electrons. The zero-order valence-corrected chi connectivity index (χ0v) is 26.4. The van der Waals surface area contributed by atoms with Crippen LogP contribution in [0.4, 0.5) is 0 Å². The topological polar surface area (TPSA) is 43.6 Å². The molecule has 0 fully saturated rings. The lowest BCUT2D eigenvalue weighted by atomic mass is 9.98. The van der Waals surface area contributed by atoms with Crippen molar-refractivity contribution < 1.29 is 0 Å². The van der Waals surface area contributed by atoms with Crippen LogP contribution >= 0.6 is 22.7 Å². The Kier molecular flexibility index (Phi) is 5.11.